The molecule has 0 saturated heterocycles. The van der Waals surface area contributed by atoms with Crippen molar-refractivity contribution >= 4 is 5.82 Å². The lowest BCUT2D eigenvalue weighted by Crippen LogP contribution is -2.10. The third-order valence-electron chi connectivity index (χ3n) is 2.05. The molecule has 0 aromatic carbocycles. The molecule has 1 N–H and O–H groups in total. The van der Waals surface area contributed by atoms with Gasteiger partial charge in [-0.25, -0.2) is 9.55 Å². The summed E-state index contributed by atoms with van der Waals surface area (Å²) in [5.74, 6) is -0.0340. The van der Waals surface area contributed by atoms with Gasteiger partial charge < -0.3 is 15.2 Å². The van der Waals surface area contributed by atoms with Crippen molar-refractivity contribution in [2.75, 3.05) is 0 Å². The molecule has 1 heterocycles. The van der Waals surface area contributed by atoms with Crippen LogP contribution in [0.2, 0.25) is 0 Å². The number of hydrogen-bond acceptors (Lipinski definition) is 4. The summed E-state index contributed by atoms with van der Waals surface area (Å²) in [6, 6.07) is 0. The molecule has 0 spiro atoms. The normalized spacial score (nSPS) is 12.7. The van der Waals surface area contributed by atoms with Crippen LogP contribution in [0.1, 0.15) is 19.8 Å². The predicted octanol–water partition coefficient (Wildman–Crippen LogP) is 0.952. The quantitative estimate of drug-likeness (QED) is 0.565. The van der Waals surface area contributed by atoms with Gasteiger partial charge in [0.25, 0.3) is 0 Å². The standard InChI is InChI=1S/C8H13N3O3/c1-2-7(12)3-4-10-6-9-5-8(10)11(13)14/h5-7,12H,2-4H2,1H3. The summed E-state index contributed by atoms with van der Waals surface area (Å²) in [4.78, 5) is 13.7. The number of aromatic nitrogens is 2. The van der Waals surface area contributed by atoms with E-state index in [1.807, 2.05) is 6.92 Å². The molecule has 0 amide bonds. The summed E-state index contributed by atoms with van der Waals surface area (Å²) in [5.41, 5.74) is 0. The average Bonchev–Trinajstić information content (AvgIpc) is 2.62. The van der Waals surface area contributed by atoms with Gasteiger partial charge in [-0.3, -0.25) is 0 Å². The van der Waals surface area contributed by atoms with E-state index in [1.165, 1.54) is 17.1 Å². The summed E-state index contributed by atoms with van der Waals surface area (Å²) in [5, 5.41) is 19.8. The Bertz CT molecular complexity index is 311. The van der Waals surface area contributed by atoms with E-state index in [-0.39, 0.29) is 5.82 Å². The molecule has 0 aliphatic rings. The van der Waals surface area contributed by atoms with Crippen molar-refractivity contribution < 1.29 is 10.0 Å². The Morgan fingerprint density at radius 2 is 2.50 bits per heavy atom. The van der Waals surface area contributed by atoms with E-state index in [9.17, 15) is 15.2 Å². The van der Waals surface area contributed by atoms with E-state index >= 15 is 0 Å². The van der Waals surface area contributed by atoms with Crippen molar-refractivity contribution in [2.45, 2.75) is 32.4 Å². The number of aliphatic hydroxyl groups excluding tert-OH is 1. The molecule has 1 unspecified atom stereocenters. The SMILES string of the molecule is CCC(O)CCn1cncc1[N+](=O)[O-]. The van der Waals surface area contributed by atoms with E-state index in [0.29, 0.717) is 19.4 Å². The van der Waals surface area contributed by atoms with Crippen LogP contribution in [-0.2, 0) is 6.54 Å². The van der Waals surface area contributed by atoms with Crippen LogP contribution >= 0.6 is 0 Å². The first-order chi connectivity index (χ1) is 6.65. The van der Waals surface area contributed by atoms with E-state index in [1.54, 1.807) is 0 Å². The fourth-order valence-electron chi connectivity index (χ4n) is 1.13. The predicted molar refractivity (Wildman–Crippen MR) is 49.8 cm³/mol. The van der Waals surface area contributed by atoms with E-state index in [2.05, 4.69) is 4.98 Å². The maximum absolute atomic E-state index is 10.5. The van der Waals surface area contributed by atoms with Crippen LogP contribution in [0, 0.1) is 10.1 Å². The molecule has 1 aromatic rings. The van der Waals surface area contributed by atoms with Crippen LogP contribution in [0.25, 0.3) is 0 Å². The van der Waals surface area contributed by atoms with E-state index in [0.717, 1.165) is 0 Å². The van der Waals surface area contributed by atoms with Gasteiger partial charge in [0.05, 0.1) is 12.6 Å². The van der Waals surface area contributed by atoms with Crippen LogP contribution in [0.15, 0.2) is 12.5 Å². The monoisotopic (exact) mass is 199 g/mol. The van der Waals surface area contributed by atoms with Crippen LogP contribution in [0.5, 0.6) is 0 Å². The highest BCUT2D eigenvalue weighted by atomic mass is 16.6. The lowest BCUT2D eigenvalue weighted by molar-refractivity contribution is -0.392. The number of rotatable bonds is 5. The Morgan fingerprint density at radius 3 is 3.07 bits per heavy atom. The highest BCUT2D eigenvalue weighted by Gasteiger charge is 2.13. The van der Waals surface area contributed by atoms with Crippen molar-refractivity contribution in [2.24, 2.45) is 0 Å². The molecule has 1 rings (SSSR count). The zero-order chi connectivity index (χ0) is 10.6. The first kappa shape index (κ1) is 10.6. The molecule has 0 radical (unpaired) electrons. The van der Waals surface area contributed by atoms with Gasteiger partial charge in [-0.2, -0.15) is 0 Å². The number of imidazole rings is 1. The summed E-state index contributed by atoms with van der Waals surface area (Å²) < 4.78 is 1.43. The van der Waals surface area contributed by atoms with Gasteiger partial charge in [-0.05, 0) is 11.3 Å². The number of nitrogens with zero attached hydrogens (tertiary/aromatic N) is 3. The van der Waals surface area contributed by atoms with Gasteiger partial charge in [0, 0.05) is 6.42 Å². The molecular weight excluding hydrogens is 186 g/mol. The average molecular weight is 199 g/mol. The fourth-order valence-corrected chi connectivity index (χ4v) is 1.13. The van der Waals surface area contributed by atoms with Gasteiger partial charge in [-0.15, -0.1) is 0 Å². The fraction of sp³-hybridized carbons (Fsp3) is 0.625. The third-order valence-corrected chi connectivity index (χ3v) is 2.05. The minimum Gasteiger partial charge on any atom is -0.393 e. The zero-order valence-corrected chi connectivity index (χ0v) is 7.96. The molecule has 6 heteroatoms. The Hall–Kier alpha value is -1.43. The highest BCUT2D eigenvalue weighted by Crippen LogP contribution is 2.11. The molecule has 1 atom stereocenters. The molecular formula is C8H13N3O3. The zero-order valence-electron chi connectivity index (χ0n) is 7.96. The van der Waals surface area contributed by atoms with Crippen molar-refractivity contribution in [3.8, 4) is 0 Å². The van der Waals surface area contributed by atoms with Gasteiger partial charge >= 0.3 is 5.82 Å². The number of aliphatic hydroxyl groups is 1. The lowest BCUT2D eigenvalue weighted by Gasteiger charge is -2.05. The molecule has 0 bridgehead atoms. The summed E-state index contributed by atoms with van der Waals surface area (Å²) in [7, 11) is 0. The van der Waals surface area contributed by atoms with Gasteiger partial charge in [0.2, 0.25) is 0 Å². The van der Waals surface area contributed by atoms with Crippen molar-refractivity contribution in [1.82, 2.24) is 9.55 Å². The minimum absolute atomic E-state index is 0.0340. The first-order valence-electron chi connectivity index (χ1n) is 4.47. The molecule has 0 fully saturated rings. The van der Waals surface area contributed by atoms with Crippen LogP contribution < -0.4 is 0 Å². The maximum Gasteiger partial charge on any atom is 0.342 e. The Morgan fingerprint density at radius 1 is 1.79 bits per heavy atom. The highest BCUT2D eigenvalue weighted by molar-refractivity contribution is 5.14. The Balaban J connectivity index is 2.58. The largest absolute Gasteiger partial charge is 0.393 e. The molecule has 6 nitrogen and oxygen atoms in total. The molecule has 14 heavy (non-hydrogen) atoms. The minimum atomic E-state index is -0.481. The summed E-state index contributed by atoms with van der Waals surface area (Å²) >= 11 is 0. The number of nitro groups is 1. The molecule has 1 aromatic heterocycles. The van der Waals surface area contributed by atoms with Crippen LogP contribution in [0.3, 0.4) is 0 Å². The lowest BCUT2D eigenvalue weighted by atomic mass is 10.2. The van der Waals surface area contributed by atoms with Gasteiger partial charge in [-0.1, -0.05) is 6.92 Å². The second kappa shape index (κ2) is 4.71. The molecule has 0 saturated carbocycles. The van der Waals surface area contributed by atoms with Crippen molar-refractivity contribution in [3.63, 3.8) is 0 Å². The third kappa shape index (κ3) is 2.53. The first-order valence-corrected chi connectivity index (χ1v) is 4.47. The molecule has 0 aliphatic heterocycles. The second-order valence-corrected chi connectivity index (χ2v) is 3.05. The van der Waals surface area contributed by atoms with Crippen molar-refractivity contribution in [3.05, 3.63) is 22.6 Å². The Labute approximate surface area is 81.3 Å². The Kier molecular flexibility index (Phi) is 3.58. The van der Waals surface area contributed by atoms with Crippen molar-refractivity contribution in [1.29, 1.82) is 0 Å². The smallest absolute Gasteiger partial charge is 0.342 e. The summed E-state index contributed by atoms with van der Waals surface area (Å²) in [6.07, 6.45) is 3.37. The number of aryl methyl sites for hydroxylation is 1. The molecule has 0 aliphatic carbocycles. The van der Waals surface area contributed by atoms with Crippen LogP contribution in [-0.4, -0.2) is 25.7 Å². The maximum atomic E-state index is 10.5. The topological polar surface area (TPSA) is 81.2 Å². The summed E-state index contributed by atoms with van der Waals surface area (Å²) in [6.45, 7) is 2.29. The van der Waals surface area contributed by atoms with Gasteiger partial charge in [0.15, 0.2) is 6.33 Å². The van der Waals surface area contributed by atoms with E-state index < -0.39 is 11.0 Å². The van der Waals surface area contributed by atoms with E-state index in [4.69, 9.17) is 0 Å². The van der Waals surface area contributed by atoms with Crippen LogP contribution in [0.4, 0.5) is 5.82 Å². The molecule has 78 valence electrons. The second-order valence-electron chi connectivity index (χ2n) is 3.05. The van der Waals surface area contributed by atoms with Gasteiger partial charge in [0.1, 0.15) is 6.20 Å². The number of hydrogen-bond donors (Lipinski definition) is 1.